The lowest BCUT2D eigenvalue weighted by Crippen LogP contribution is -2.12. The molecule has 0 rings (SSSR count). The van der Waals surface area contributed by atoms with E-state index < -0.39 is 0 Å². The van der Waals surface area contributed by atoms with E-state index in [9.17, 15) is 4.79 Å². The van der Waals surface area contributed by atoms with Gasteiger partial charge < -0.3 is 9.47 Å². The summed E-state index contributed by atoms with van der Waals surface area (Å²) < 4.78 is 9.68. The number of carbonyl (C=O) groups excluding carboxylic acids is 1. The van der Waals surface area contributed by atoms with E-state index in [1.54, 1.807) is 6.08 Å². The Morgan fingerprint density at radius 3 is 2.83 bits per heavy atom. The van der Waals surface area contributed by atoms with Crippen molar-refractivity contribution in [2.45, 2.75) is 13.3 Å². The van der Waals surface area contributed by atoms with Gasteiger partial charge >= 0.3 is 5.97 Å². The molecule has 0 amide bonds. The molecule has 0 heterocycles. The van der Waals surface area contributed by atoms with E-state index in [2.05, 4.69) is 11.3 Å². The highest BCUT2D eigenvalue weighted by atomic mass is 16.5. The van der Waals surface area contributed by atoms with E-state index in [4.69, 9.17) is 4.74 Å². The van der Waals surface area contributed by atoms with Crippen LogP contribution in [0.5, 0.6) is 0 Å². The van der Waals surface area contributed by atoms with Gasteiger partial charge in [0.2, 0.25) is 0 Å². The number of esters is 1. The van der Waals surface area contributed by atoms with Crippen LogP contribution in [0.2, 0.25) is 0 Å². The summed E-state index contributed by atoms with van der Waals surface area (Å²) in [4.78, 5) is 10.8. The highest BCUT2D eigenvalue weighted by molar-refractivity contribution is 5.69. The van der Waals surface area contributed by atoms with Crippen molar-refractivity contribution >= 4 is 5.97 Å². The predicted octanol–water partition coefficient (Wildman–Crippen LogP) is 1.39. The van der Waals surface area contributed by atoms with E-state index in [1.807, 2.05) is 6.92 Å². The standard InChI is InChI=1S/C9H16O3/c1-4-5-12-7-8(2)6-9(10)11-3/h4,8H,1,5-7H2,2-3H3. The Kier molecular flexibility index (Phi) is 6.38. The molecule has 12 heavy (non-hydrogen) atoms. The number of carbonyl (C=O) groups is 1. The van der Waals surface area contributed by atoms with E-state index in [-0.39, 0.29) is 11.9 Å². The highest BCUT2D eigenvalue weighted by Crippen LogP contribution is 2.03. The van der Waals surface area contributed by atoms with Gasteiger partial charge in [0.15, 0.2) is 0 Å². The molecule has 0 aromatic rings. The first-order chi connectivity index (χ1) is 5.70. The first-order valence-electron chi connectivity index (χ1n) is 3.96. The zero-order chi connectivity index (χ0) is 9.40. The predicted molar refractivity (Wildman–Crippen MR) is 46.8 cm³/mol. The second kappa shape index (κ2) is 6.85. The molecule has 1 atom stereocenters. The fourth-order valence-electron chi connectivity index (χ4n) is 0.779. The summed E-state index contributed by atoms with van der Waals surface area (Å²) in [6, 6.07) is 0. The molecule has 0 aromatic carbocycles. The zero-order valence-electron chi connectivity index (χ0n) is 7.71. The normalized spacial score (nSPS) is 12.2. The van der Waals surface area contributed by atoms with E-state index >= 15 is 0 Å². The van der Waals surface area contributed by atoms with Crippen LogP contribution in [0.4, 0.5) is 0 Å². The van der Waals surface area contributed by atoms with Crippen molar-refractivity contribution in [2.24, 2.45) is 5.92 Å². The van der Waals surface area contributed by atoms with Crippen molar-refractivity contribution in [1.29, 1.82) is 0 Å². The van der Waals surface area contributed by atoms with Gasteiger partial charge in [-0.3, -0.25) is 4.79 Å². The first kappa shape index (κ1) is 11.2. The Bertz CT molecular complexity index is 143. The molecule has 0 aromatic heterocycles. The molecule has 0 aliphatic carbocycles. The van der Waals surface area contributed by atoms with Crippen molar-refractivity contribution in [1.82, 2.24) is 0 Å². The van der Waals surface area contributed by atoms with Crippen LogP contribution in [-0.2, 0) is 14.3 Å². The lowest BCUT2D eigenvalue weighted by Gasteiger charge is -2.08. The second-order valence-corrected chi connectivity index (χ2v) is 2.71. The van der Waals surface area contributed by atoms with Crippen LogP contribution >= 0.6 is 0 Å². The molecule has 1 unspecified atom stereocenters. The topological polar surface area (TPSA) is 35.5 Å². The summed E-state index contributed by atoms with van der Waals surface area (Å²) in [6.07, 6.45) is 2.10. The van der Waals surface area contributed by atoms with Gasteiger partial charge in [0.05, 0.1) is 26.7 Å². The van der Waals surface area contributed by atoms with Crippen LogP contribution in [-0.4, -0.2) is 26.3 Å². The fraction of sp³-hybridized carbons (Fsp3) is 0.667. The number of rotatable bonds is 6. The van der Waals surface area contributed by atoms with Gasteiger partial charge in [0.1, 0.15) is 0 Å². The molecule has 0 saturated heterocycles. The quantitative estimate of drug-likeness (QED) is 0.345. The van der Waals surface area contributed by atoms with Crippen molar-refractivity contribution in [2.75, 3.05) is 20.3 Å². The van der Waals surface area contributed by atoms with Crippen molar-refractivity contribution in [3.05, 3.63) is 12.7 Å². The summed E-state index contributed by atoms with van der Waals surface area (Å²) in [7, 11) is 1.39. The van der Waals surface area contributed by atoms with E-state index in [0.717, 1.165) is 0 Å². The lowest BCUT2D eigenvalue weighted by molar-refractivity contribution is -0.142. The first-order valence-corrected chi connectivity index (χ1v) is 3.96. The second-order valence-electron chi connectivity index (χ2n) is 2.71. The summed E-state index contributed by atoms with van der Waals surface area (Å²) >= 11 is 0. The molecule has 70 valence electrons. The largest absolute Gasteiger partial charge is 0.469 e. The molecule has 0 N–H and O–H groups in total. The Balaban J connectivity index is 3.38. The molecular weight excluding hydrogens is 156 g/mol. The summed E-state index contributed by atoms with van der Waals surface area (Å²) in [6.45, 7) is 6.57. The molecule has 3 heteroatoms. The third-order valence-corrected chi connectivity index (χ3v) is 1.38. The van der Waals surface area contributed by atoms with Crippen LogP contribution in [0, 0.1) is 5.92 Å². The zero-order valence-corrected chi connectivity index (χ0v) is 7.71. The van der Waals surface area contributed by atoms with Crippen LogP contribution in [0.1, 0.15) is 13.3 Å². The number of ether oxygens (including phenoxy) is 2. The molecule has 3 nitrogen and oxygen atoms in total. The summed E-state index contributed by atoms with van der Waals surface area (Å²) in [5.74, 6) is 0.0158. The molecule has 0 saturated carbocycles. The van der Waals surface area contributed by atoms with E-state index in [1.165, 1.54) is 7.11 Å². The number of hydrogen-bond acceptors (Lipinski definition) is 3. The fourth-order valence-corrected chi connectivity index (χ4v) is 0.779. The molecule has 0 spiro atoms. The van der Waals surface area contributed by atoms with Gasteiger partial charge in [0.25, 0.3) is 0 Å². The Morgan fingerprint density at radius 2 is 2.33 bits per heavy atom. The van der Waals surface area contributed by atoms with Crippen molar-refractivity contribution < 1.29 is 14.3 Å². The van der Waals surface area contributed by atoms with Crippen LogP contribution in [0.15, 0.2) is 12.7 Å². The monoisotopic (exact) mass is 172 g/mol. The van der Waals surface area contributed by atoms with Crippen molar-refractivity contribution in [3.8, 4) is 0 Å². The molecule has 0 aliphatic rings. The Hall–Kier alpha value is -0.830. The molecular formula is C9H16O3. The Morgan fingerprint density at radius 1 is 1.67 bits per heavy atom. The smallest absolute Gasteiger partial charge is 0.305 e. The maximum Gasteiger partial charge on any atom is 0.305 e. The highest BCUT2D eigenvalue weighted by Gasteiger charge is 2.08. The molecule has 0 radical (unpaired) electrons. The summed E-state index contributed by atoms with van der Waals surface area (Å²) in [5, 5.41) is 0. The van der Waals surface area contributed by atoms with Crippen molar-refractivity contribution in [3.63, 3.8) is 0 Å². The van der Waals surface area contributed by atoms with Crippen LogP contribution in [0.25, 0.3) is 0 Å². The number of methoxy groups -OCH3 is 1. The minimum atomic E-state index is -0.190. The third kappa shape index (κ3) is 5.92. The minimum absolute atomic E-state index is 0.190. The van der Waals surface area contributed by atoms with E-state index in [0.29, 0.717) is 19.6 Å². The maximum atomic E-state index is 10.8. The van der Waals surface area contributed by atoms with Gasteiger partial charge in [-0.05, 0) is 5.92 Å². The van der Waals surface area contributed by atoms with Gasteiger partial charge in [0, 0.05) is 0 Å². The van der Waals surface area contributed by atoms with Gasteiger partial charge in [-0.15, -0.1) is 6.58 Å². The Labute approximate surface area is 73.4 Å². The molecule has 0 fully saturated rings. The number of hydrogen-bond donors (Lipinski definition) is 0. The average molecular weight is 172 g/mol. The SMILES string of the molecule is C=CCOCC(C)CC(=O)OC. The summed E-state index contributed by atoms with van der Waals surface area (Å²) in [5.41, 5.74) is 0. The third-order valence-electron chi connectivity index (χ3n) is 1.38. The maximum absolute atomic E-state index is 10.8. The molecule has 0 aliphatic heterocycles. The van der Waals surface area contributed by atoms with Gasteiger partial charge in [-0.1, -0.05) is 13.0 Å². The van der Waals surface area contributed by atoms with Crippen LogP contribution < -0.4 is 0 Å². The average Bonchev–Trinajstić information content (AvgIpc) is 2.05. The molecule has 0 bridgehead atoms. The van der Waals surface area contributed by atoms with Crippen LogP contribution in [0.3, 0.4) is 0 Å². The minimum Gasteiger partial charge on any atom is -0.469 e. The lowest BCUT2D eigenvalue weighted by atomic mass is 10.1. The van der Waals surface area contributed by atoms with Gasteiger partial charge in [-0.25, -0.2) is 0 Å². The van der Waals surface area contributed by atoms with Gasteiger partial charge in [-0.2, -0.15) is 0 Å².